The molecule has 18 heavy (non-hydrogen) atoms. The Labute approximate surface area is 121 Å². The molecule has 1 aliphatic rings. The van der Waals surface area contributed by atoms with Gasteiger partial charge in [-0.2, -0.15) is 0 Å². The molecule has 3 N–H and O–H groups in total. The predicted octanol–water partition coefficient (Wildman–Crippen LogP) is 3.96. The molecule has 0 bridgehead atoms. The molecule has 0 fully saturated rings. The van der Waals surface area contributed by atoms with Crippen LogP contribution in [-0.4, -0.2) is 5.17 Å². The third-order valence-corrected chi connectivity index (χ3v) is 4.02. The van der Waals surface area contributed by atoms with Gasteiger partial charge in [0, 0.05) is 0 Å². The molecule has 4 heteroatoms. The van der Waals surface area contributed by atoms with E-state index in [0.717, 1.165) is 0 Å². The molecule has 0 spiro atoms. The highest BCUT2D eigenvalue weighted by Crippen LogP contribution is 2.49. The number of rotatable bonds is 1. The molecule has 1 aliphatic carbocycles. The summed E-state index contributed by atoms with van der Waals surface area (Å²) in [6.45, 7) is 0. The van der Waals surface area contributed by atoms with Crippen LogP contribution in [0.4, 0.5) is 0 Å². The predicted molar refractivity (Wildman–Crippen MR) is 83.5 cm³/mol. The highest BCUT2D eigenvalue weighted by Gasteiger charge is 2.28. The van der Waals surface area contributed by atoms with Crippen LogP contribution >= 0.6 is 28.7 Å². The van der Waals surface area contributed by atoms with Crippen LogP contribution in [0, 0.1) is 5.41 Å². The second-order valence-corrected chi connectivity index (χ2v) is 5.18. The first-order valence-electron chi connectivity index (χ1n) is 5.46. The van der Waals surface area contributed by atoms with Crippen LogP contribution in [0.3, 0.4) is 0 Å². The number of fused-ring (bicyclic) bond motifs is 3. The summed E-state index contributed by atoms with van der Waals surface area (Å²) in [4.78, 5) is 0. The molecule has 0 amide bonds. The van der Waals surface area contributed by atoms with Crippen LogP contribution < -0.4 is 5.73 Å². The number of hydrogen-bond acceptors (Lipinski definition) is 2. The van der Waals surface area contributed by atoms with Crippen molar-refractivity contribution in [2.45, 2.75) is 5.25 Å². The van der Waals surface area contributed by atoms with Crippen LogP contribution in [0.2, 0.25) is 0 Å². The second kappa shape index (κ2) is 5.16. The lowest BCUT2D eigenvalue weighted by Crippen LogP contribution is -2.07. The van der Waals surface area contributed by atoms with Crippen LogP contribution in [0.1, 0.15) is 16.4 Å². The number of thioether (sulfide) groups is 1. The van der Waals surface area contributed by atoms with Gasteiger partial charge in [-0.15, -0.1) is 17.0 Å². The molecule has 2 aromatic carbocycles. The van der Waals surface area contributed by atoms with Crippen molar-refractivity contribution in [3.63, 3.8) is 0 Å². The van der Waals surface area contributed by atoms with Crippen LogP contribution in [0.25, 0.3) is 11.1 Å². The summed E-state index contributed by atoms with van der Waals surface area (Å²) in [6.07, 6.45) is 0. The van der Waals surface area contributed by atoms with Gasteiger partial charge in [-0.3, -0.25) is 5.41 Å². The third-order valence-electron chi connectivity index (χ3n) is 3.02. The Kier molecular flexibility index (Phi) is 3.78. The second-order valence-electron chi connectivity index (χ2n) is 4.04. The molecule has 2 aromatic rings. The van der Waals surface area contributed by atoms with Crippen molar-refractivity contribution in [3.05, 3.63) is 59.7 Å². The van der Waals surface area contributed by atoms with E-state index in [9.17, 15) is 0 Å². The average Bonchev–Trinajstić information content (AvgIpc) is 2.65. The fraction of sp³-hybridized carbons (Fsp3) is 0.0714. The van der Waals surface area contributed by atoms with Crippen molar-refractivity contribution in [1.82, 2.24) is 0 Å². The number of nitrogens with one attached hydrogen (secondary N) is 1. The lowest BCUT2D eigenvalue weighted by Gasteiger charge is -2.11. The maximum absolute atomic E-state index is 7.48. The Bertz CT molecular complexity index is 552. The average molecular weight is 321 g/mol. The van der Waals surface area contributed by atoms with Gasteiger partial charge in [-0.1, -0.05) is 60.3 Å². The summed E-state index contributed by atoms with van der Waals surface area (Å²) < 4.78 is 0. The summed E-state index contributed by atoms with van der Waals surface area (Å²) >= 11 is 1.41. The summed E-state index contributed by atoms with van der Waals surface area (Å²) in [7, 11) is 0. The molecular formula is C14H13BrN2S. The topological polar surface area (TPSA) is 49.9 Å². The molecule has 2 nitrogen and oxygen atoms in total. The first-order chi connectivity index (χ1) is 8.27. The summed E-state index contributed by atoms with van der Waals surface area (Å²) in [5, 5.41) is 7.82. The lowest BCUT2D eigenvalue weighted by molar-refractivity contribution is 1.23. The maximum atomic E-state index is 7.48. The zero-order valence-corrected chi connectivity index (χ0v) is 12.1. The fourth-order valence-electron chi connectivity index (χ4n) is 2.36. The van der Waals surface area contributed by atoms with Crippen LogP contribution in [-0.2, 0) is 0 Å². The van der Waals surface area contributed by atoms with E-state index >= 15 is 0 Å². The van der Waals surface area contributed by atoms with E-state index in [4.69, 9.17) is 11.1 Å². The molecule has 0 heterocycles. The molecule has 0 saturated carbocycles. The van der Waals surface area contributed by atoms with Gasteiger partial charge in [0.1, 0.15) is 0 Å². The highest BCUT2D eigenvalue weighted by molar-refractivity contribution is 8.93. The molecule has 0 aromatic heterocycles. The molecule has 0 aliphatic heterocycles. The van der Waals surface area contributed by atoms with Gasteiger partial charge in [0.15, 0.2) is 5.17 Å². The number of nitrogens with two attached hydrogens (primary N) is 1. The van der Waals surface area contributed by atoms with Crippen molar-refractivity contribution in [3.8, 4) is 11.1 Å². The largest absolute Gasteiger partial charge is 0.379 e. The Morgan fingerprint density at radius 1 is 0.944 bits per heavy atom. The number of benzene rings is 2. The van der Waals surface area contributed by atoms with E-state index in [1.165, 1.54) is 34.0 Å². The Morgan fingerprint density at radius 2 is 1.39 bits per heavy atom. The molecule has 0 saturated heterocycles. The summed E-state index contributed by atoms with van der Waals surface area (Å²) in [5.74, 6) is 0. The van der Waals surface area contributed by atoms with Crippen molar-refractivity contribution in [2.75, 3.05) is 0 Å². The SMILES string of the molecule is Br.N=C(N)SC1c2ccccc2-c2ccccc21. The third kappa shape index (κ3) is 2.06. The van der Waals surface area contributed by atoms with E-state index in [0.29, 0.717) is 0 Å². The standard InChI is InChI=1S/C14H12N2S.BrH/c15-14(16)17-13-11-7-3-1-5-9(11)10-6-2-4-8-12(10)13;/h1-8,13H,(H3,15,16);1H. The van der Waals surface area contributed by atoms with Crippen LogP contribution in [0.15, 0.2) is 48.5 Å². The van der Waals surface area contributed by atoms with Gasteiger partial charge < -0.3 is 5.73 Å². The normalized spacial score (nSPS) is 12.4. The lowest BCUT2D eigenvalue weighted by atomic mass is 10.1. The minimum atomic E-state index is 0. The molecule has 92 valence electrons. The summed E-state index contributed by atoms with van der Waals surface area (Å²) in [5.41, 5.74) is 10.6. The first kappa shape index (κ1) is 13.2. The highest BCUT2D eigenvalue weighted by atomic mass is 79.9. The fourth-order valence-corrected chi connectivity index (χ4v) is 3.28. The van der Waals surface area contributed by atoms with Crippen LogP contribution in [0.5, 0.6) is 0 Å². The quantitative estimate of drug-likeness (QED) is 0.617. The van der Waals surface area contributed by atoms with Crippen molar-refractivity contribution < 1.29 is 0 Å². The van der Waals surface area contributed by atoms with E-state index in [-0.39, 0.29) is 27.4 Å². The molecule has 3 rings (SSSR count). The minimum Gasteiger partial charge on any atom is -0.379 e. The zero-order chi connectivity index (χ0) is 11.8. The van der Waals surface area contributed by atoms with Gasteiger partial charge >= 0.3 is 0 Å². The van der Waals surface area contributed by atoms with Gasteiger partial charge in [0.05, 0.1) is 5.25 Å². The van der Waals surface area contributed by atoms with Gasteiger partial charge in [0.25, 0.3) is 0 Å². The van der Waals surface area contributed by atoms with Gasteiger partial charge in [-0.05, 0) is 22.3 Å². The monoisotopic (exact) mass is 320 g/mol. The Morgan fingerprint density at radius 3 is 1.83 bits per heavy atom. The number of hydrogen-bond donors (Lipinski definition) is 2. The summed E-state index contributed by atoms with van der Waals surface area (Å²) in [6, 6.07) is 16.7. The Hall–Kier alpha value is -1.26. The molecule has 0 radical (unpaired) electrons. The Balaban J connectivity index is 0.00000120. The smallest absolute Gasteiger partial charge is 0.151 e. The molecule has 0 atom stereocenters. The van der Waals surface area contributed by atoms with E-state index in [1.54, 1.807) is 0 Å². The zero-order valence-electron chi connectivity index (χ0n) is 9.59. The van der Waals surface area contributed by atoms with Crippen molar-refractivity contribution in [1.29, 1.82) is 5.41 Å². The number of halogens is 1. The van der Waals surface area contributed by atoms with E-state index in [2.05, 4.69) is 36.4 Å². The van der Waals surface area contributed by atoms with Crippen molar-refractivity contribution in [2.24, 2.45) is 5.73 Å². The van der Waals surface area contributed by atoms with E-state index in [1.807, 2.05) is 12.1 Å². The molecule has 0 unspecified atom stereocenters. The minimum absolute atomic E-state index is 0. The van der Waals surface area contributed by atoms with E-state index < -0.39 is 0 Å². The van der Waals surface area contributed by atoms with Gasteiger partial charge in [0.2, 0.25) is 0 Å². The first-order valence-corrected chi connectivity index (χ1v) is 6.34. The number of amidine groups is 1. The molecular weight excluding hydrogens is 308 g/mol. The van der Waals surface area contributed by atoms with Crippen molar-refractivity contribution >= 4 is 33.9 Å². The maximum Gasteiger partial charge on any atom is 0.151 e. The van der Waals surface area contributed by atoms with Gasteiger partial charge in [-0.25, -0.2) is 0 Å².